The van der Waals surface area contributed by atoms with E-state index >= 15 is 0 Å². The smallest absolute Gasteiger partial charge is 0.258 e. The Morgan fingerprint density at radius 3 is 2.71 bits per heavy atom. The van der Waals surface area contributed by atoms with Gasteiger partial charge in [0.15, 0.2) is 0 Å². The summed E-state index contributed by atoms with van der Waals surface area (Å²) in [5, 5.41) is 3.10. The normalized spacial score (nSPS) is 14.3. The van der Waals surface area contributed by atoms with E-state index in [1.54, 1.807) is 17.4 Å². The lowest BCUT2D eigenvalue weighted by atomic mass is 9.89. The molecule has 34 heavy (non-hydrogen) atoms. The zero-order chi connectivity index (χ0) is 24.1. The van der Waals surface area contributed by atoms with Crippen LogP contribution in [-0.4, -0.2) is 50.9 Å². The van der Waals surface area contributed by atoms with Gasteiger partial charge in [-0.3, -0.25) is 14.6 Å². The first kappa shape index (κ1) is 23.9. The Bertz CT molecular complexity index is 1140. The van der Waals surface area contributed by atoms with Gasteiger partial charge in [0.1, 0.15) is 5.82 Å². The second-order valence-electron chi connectivity index (χ2n) is 8.46. The standard InChI is InChI=1S/C25H27ClFN5O2/c1-17-6-7-19(24(33)29-10-3-12-31-15-11-28-16-31)23(30-17)18-8-13-32(14-9-18)25(34)22-20(26)4-2-5-21(22)27/h2,4-7,11,15-16,18H,3,8-10,12-14H2,1H3,(H,29,33). The molecule has 178 valence electrons. The van der Waals surface area contributed by atoms with Crippen LogP contribution in [0, 0.1) is 12.7 Å². The highest BCUT2D eigenvalue weighted by Crippen LogP contribution is 2.31. The Morgan fingerprint density at radius 1 is 1.21 bits per heavy atom. The van der Waals surface area contributed by atoms with Crippen LogP contribution in [0.4, 0.5) is 4.39 Å². The van der Waals surface area contributed by atoms with Gasteiger partial charge in [0.25, 0.3) is 11.8 Å². The van der Waals surface area contributed by atoms with Crippen LogP contribution < -0.4 is 5.32 Å². The van der Waals surface area contributed by atoms with E-state index in [0.29, 0.717) is 38.0 Å². The van der Waals surface area contributed by atoms with Gasteiger partial charge in [-0.25, -0.2) is 9.37 Å². The first-order valence-electron chi connectivity index (χ1n) is 11.4. The zero-order valence-electron chi connectivity index (χ0n) is 19.0. The molecule has 1 N–H and O–H groups in total. The molecule has 0 atom stereocenters. The van der Waals surface area contributed by atoms with Crippen molar-refractivity contribution in [2.75, 3.05) is 19.6 Å². The fourth-order valence-corrected chi connectivity index (χ4v) is 4.52. The summed E-state index contributed by atoms with van der Waals surface area (Å²) in [5.41, 5.74) is 2.06. The zero-order valence-corrected chi connectivity index (χ0v) is 19.8. The molecule has 1 aliphatic heterocycles. The van der Waals surface area contributed by atoms with E-state index in [0.717, 1.165) is 24.4 Å². The molecule has 0 spiro atoms. The summed E-state index contributed by atoms with van der Waals surface area (Å²) in [7, 11) is 0. The molecular weight excluding hydrogens is 457 g/mol. The number of benzene rings is 1. The Labute approximate surface area is 203 Å². The number of aryl methyl sites for hydroxylation is 2. The van der Waals surface area contributed by atoms with Crippen LogP contribution >= 0.6 is 11.6 Å². The van der Waals surface area contributed by atoms with Crippen LogP contribution in [0.25, 0.3) is 0 Å². The minimum absolute atomic E-state index is 0.0340. The summed E-state index contributed by atoms with van der Waals surface area (Å²) < 4.78 is 16.2. The lowest BCUT2D eigenvalue weighted by Crippen LogP contribution is -2.39. The summed E-state index contributed by atoms with van der Waals surface area (Å²) in [4.78, 5) is 36.1. The minimum Gasteiger partial charge on any atom is -0.352 e. The maximum atomic E-state index is 14.2. The average Bonchev–Trinajstić information content (AvgIpc) is 3.35. The summed E-state index contributed by atoms with van der Waals surface area (Å²) in [6.07, 6.45) is 7.43. The van der Waals surface area contributed by atoms with E-state index in [9.17, 15) is 14.0 Å². The topological polar surface area (TPSA) is 80.1 Å². The molecule has 1 saturated heterocycles. The first-order chi connectivity index (χ1) is 16.4. The molecule has 0 unspecified atom stereocenters. The van der Waals surface area contributed by atoms with Crippen molar-refractivity contribution in [2.24, 2.45) is 0 Å². The molecule has 1 aliphatic rings. The molecule has 0 radical (unpaired) electrons. The highest BCUT2D eigenvalue weighted by atomic mass is 35.5. The van der Waals surface area contributed by atoms with Gasteiger partial charge in [0, 0.05) is 50.2 Å². The van der Waals surface area contributed by atoms with Gasteiger partial charge >= 0.3 is 0 Å². The molecule has 0 aliphatic carbocycles. The number of carbonyl (C=O) groups is 2. The van der Waals surface area contributed by atoms with Crippen LogP contribution in [0.2, 0.25) is 5.02 Å². The number of rotatable bonds is 7. The molecule has 1 fully saturated rings. The van der Waals surface area contributed by atoms with E-state index in [-0.39, 0.29) is 22.4 Å². The molecule has 3 heterocycles. The maximum absolute atomic E-state index is 14.2. The molecule has 2 aromatic heterocycles. The number of aromatic nitrogens is 3. The number of piperidine rings is 1. The lowest BCUT2D eigenvalue weighted by Gasteiger charge is -2.32. The van der Waals surface area contributed by atoms with Crippen molar-refractivity contribution < 1.29 is 14.0 Å². The van der Waals surface area contributed by atoms with Crippen molar-refractivity contribution in [1.29, 1.82) is 0 Å². The van der Waals surface area contributed by atoms with Gasteiger partial charge in [-0.1, -0.05) is 17.7 Å². The monoisotopic (exact) mass is 483 g/mol. The van der Waals surface area contributed by atoms with Crippen LogP contribution in [0.5, 0.6) is 0 Å². The first-order valence-corrected chi connectivity index (χ1v) is 11.8. The van der Waals surface area contributed by atoms with Gasteiger partial charge < -0.3 is 14.8 Å². The molecule has 4 rings (SSSR count). The third kappa shape index (κ3) is 5.44. The van der Waals surface area contributed by atoms with Crippen LogP contribution in [-0.2, 0) is 6.54 Å². The fourth-order valence-electron chi connectivity index (χ4n) is 4.27. The van der Waals surface area contributed by atoms with E-state index < -0.39 is 11.7 Å². The van der Waals surface area contributed by atoms with Gasteiger partial charge in [-0.05, 0) is 50.5 Å². The van der Waals surface area contributed by atoms with Gasteiger partial charge in [-0.15, -0.1) is 0 Å². The van der Waals surface area contributed by atoms with Crippen LogP contribution in [0.1, 0.15) is 57.3 Å². The maximum Gasteiger partial charge on any atom is 0.258 e. The van der Waals surface area contributed by atoms with Crippen molar-refractivity contribution in [3.05, 3.63) is 82.4 Å². The Balaban J connectivity index is 1.39. The predicted molar refractivity (Wildman–Crippen MR) is 127 cm³/mol. The van der Waals surface area contributed by atoms with E-state index in [1.165, 1.54) is 18.2 Å². The summed E-state index contributed by atoms with van der Waals surface area (Å²) >= 11 is 6.08. The number of likely N-dealkylation sites (tertiary alicyclic amines) is 1. The van der Waals surface area contributed by atoms with Gasteiger partial charge in [0.2, 0.25) is 0 Å². The minimum atomic E-state index is -0.619. The number of hydrogen-bond donors (Lipinski definition) is 1. The predicted octanol–water partition coefficient (Wildman–Crippen LogP) is 4.22. The molecule has 9 heteroatoms. The average molecular weight is 484 g/mol. The van der Waals surface area contributed by atoms with Crippen molar-refractivity contribution in [2.45, 2.75) is 38.6 Å². The number of hydrogen-bond acceptors (Lipinski definition) is 4. The van der Waals surface area contributed by atoms with Gasteiger partial charge in [-0.2, -0.15) is 0 Å². The van der Waals surface area contributed by atoms with Crippen LogP contribution in [0.3, 0.4) is 0 Å². The SMILES string of the molecule is Cc1ccc(C(=O)NCCCn2ccnc2)c(C2CCN(C(=O)c3c(F)cccc3Cl)CC2)n1. The summed E-state index contributed by atoms with van der Waals surface area (Å²) in [5.74, 6) is -1.14. The molecule has 1 aromatic carbocycles. The number of nitrogens with one attached hydrogen (secondary N) is 1. The number of halogens is 2. The molecule has 2 amide bonds. The second kappa shape index (κ2) is 10.8. The fraction of sp³-hybridized carbons (Fsp3) is 0.360. The third-order valence-electron chi connectivity index (χ3n) is 6.09. The molecular formula is C25H27ClFN5O2. The Kier molecular flexibility index (Phi) is 7.57. The number of nitrogens with zero attached hydrogens (tertiary/aromatic N) is 4. The highest BCUT2D eigenvalue weighted by Gasteiger charge is 2.30. The van der Waals surface area contributed by atoms with E-state index in [4.69, 9.17) is 11.6 Å². The number of pyridine rings is 1. The highest BCUT2D eigenvalue weighted by molar-refractivity contribution is 6.33. The quantitative estimate of drug-likeness (QED) is 0.510. The third-order valence-corrected chi connectivity index (χ3v) is 6.41. The Morgan fingerprint density at radius 2 is 2.00 bits per heavy atom. The Hall–Kier alpha value is -3.26. The summed E-state index contributed by atoms with van der Waals surface area (Å²) in [6, 6.07) is 7.89. The van der Waals surface area contributed by atoms with Crippen molar-refractivity contribution in [1.82, 2.24) is 24.8 Å². The number of amides is 2. The lowest BCUT2D eigenvalue weighted by molar-refractivity contribution is 0.0706. The van der Waals surface area contributed by atoms with E-state index in [1.807, 2.05) is 29.8 Å². The van der Waals surface area contributed by atoms with Crippen molar-refractivity contribution in [3.63, 3.8) is 0 Å². The molecule has 0 saturated carbocycles. The second-order valence-corrected chi connectivity index (χ2v) is 8.87. The van der Waals surface area contributed by atoms with Crippen molar-refractivity contribution in [3.8, 4) is 0 Å². The van der Waals surface area contributed by atoms with E-state index in [2.05, 4.69) is 15.3 Å². The number of carbonyl (C=O) groups excluding carboxylic acids is 2. The van der Waals surface area contributed by atoms with Gasteiger partial charge in [0.05, 0.1) is 28.2 Å². The molecule has 7 nitrogen and oxygen atoms in total. The molecule has 3 aromatic rings. The van der Waals surface area contributed by atoms with Crippen molar-refractivity contribution >= 4 is 23.4 Å². The summed E-state index contributed by atoms with van der Waals surface area (Å²) in [6.45, 7) is 4.10. The largest absolute Gasteiger partial charge is 0.352 e. The number of imidazole rings is 1. The van der Waals surface area contributed by atoms with Crippen LogP contribution in [0.15, 0.2) is 49.1 Å². The molecule has 0 bridgehead atoms.